The molecule has 0 heterocycles. The van der Waals surface area contributed by atoms with Gasteiger partial charge >= 0.3 is 0 Å². The molecule has 1 amide bonds. The number of halogens is 1. The van der Waals surface area contributed by atoms with E-state index < -0.39 is 0 Å². The standard InChI is InChI=1S/C12H16ClNO3/c1-8-5-9(2)12(10(13)6-8)14-11(16)7-17-4-3-15/h5-6,15H,3-4,7H2,1-2H3,(H,14,16). The first-order valence-corrected chi connectivity index (χ1v) is 5.67. The molecule has 94 valence electrons. The molecule has 0 atom stereocenters. The summed E-state index contributed by atoms with van der Waals surface area (Å²) in [6, 6.07) is 3.73. The van der Waals surface area contributed by atoms with Crippen LogP contribution in [0.1, 0.15) is 11.1 Å². The van der Waals surface area contributed by atoms with E-state index in [1.54, 1.807) is 6.07 Å². The molecule has 4 nitrogen and oxygen atoms in total. The van der Waals surface area contributed by atoms with Crippen molar-refractivity contribution in [3.05, 3.63) is 28.3 Å². The van der Waals surface area contributed by atoms with Crippen molar-refractivity contribution in [2.45, 2.75) is 13.8 Å². The number of hydrogen-bond acceptors (Lipinski definition) is 3. The van der Waals surface area contributed by atoms with Gasteiger partial charge in [-0.15, -0.1) is 0 Å². The zero-order chi connectivity index (χ0) is 12.8. The normalized spacial score (nSPS) is 10.4. The summed E-state index contributed by atoms with van der Waals surface area (Å²) >= 11 is 6.04. The number of carbonyl (C=O) groups is 1. The second kappa shape index (κ2) is 6.59. The highest BCUT2D eigenvalue weighted by Crippen LogP contribution is 2.27. The summed E-state index contributed by atoms with van der Waals surface area (Å²) in [4.78, 5) is 11.5. The van der Waals surface area contributed by atoms with Crippen molar-refractivity contribution in [1.29, 1.82) is 0 Å². The molecule has 2 N–H and O–H groups in total. The number of aliphatic hydroxyl groups is 1. The summed E-state index contributed by atoms with van der Waals surface area (Å²) in [5, 5.41) is 11.7. The lowest BCUT2D eigenvalue weighted by Gasteiger charge is -2.11. The molecule has 0 radical (unpaired) electrons. The Morgan fingerprint density at radius 3 is 2.76 bits per heavy atom. The first kappa shape index (κ1) is 14.0. The second-order valence-corrected chi connectivity index (χ2v) is 4.17. The van der Waals surface area contributed by atoms with Crippen LogP contribution in [-0.2, 0) is 9.53 Å². The largest absolute Gasteiger partial charge is 0.394 e. The molecule has 17 heavy (non-hydrogen) atoms. The first-order valence-electron chi connectivity index (χ1n) is 5.29. The zero-order valence-corrected chi connectivity index (χ0v) is 10.7. The molecule has 0 aliphatic heterocycles. The lowest BCUT2D eigenvalue weighted by Crippen LogP contribution is -2.20. The minimum absolute atomic E-state index is 0.0931. The maximum Gasteiger partial charge on any atom is 0.250 e. The summed E-state index contributed by atoms with van der Waals surface area (Å²) < 4.78 is 4.92. The molecular weight excluding hydrogens is 242 g/mol. The molecular formula is C12H16ClNO3. The predicted molar refractivity (Wildman–Crippen MR) is 67.5 cm³/mol. The molecule has 0 aliphatic rings. The van der Waals surface area contributed by atoms with E-state index in [9.17, 15) is 4.79 Å². The molecule has 0 aliphatic carbocycles. The van der Waals surface area contributed by atoms with Gasteiger partial charge in [-0.2, -0.15) is 0 Å². The van der Waals surface area contributed by atoms with Crippen molar-refractivity contribution in [1.82, 2.24) is 0 Å². The number of anilines is 1. The van der Waals surface area contributed by atoms with Gasteiger partial charge in [0.15, 0.2) is 0 Å². The van der Waals surface area contributed by atoms with Crippen LogP contribution in [0, 0.1) is 13.8 Å². The number of carbonyl (C=O) groups excluding carboxylic acids is 1. The molecule has 1 aromatic carbocycles. The summed E-state index contributed by atoms with van der Waals surface area (Å²) in [5.41, 5.74) is 2.56. The van der Waals surface area contributed by atoms with Gasteiger partial charge in [-0.1, -0.05) is 17.7 Å². The molecule has 0 aromatic heterocycles. The van der Waals surface area contributed by atoms with E-state index in [0.29, 0.717) is 10.7 Å². The van der Waals surface area contributed by atoms with E-state index in [1.807, 2.05) is 19.9 Å². The van der Waals surface area contributed by atoms with Crippen LogP contribution in [-0.4, -0.2) is 30.8 Å². The lowest BCUT2D eigenvalue weighted by molar-refractivity contribution is -0.120. The summed E-state index contributed by atoms with van der Waals surface area (Å²) in [6.45, 7) is 3.77. The molecule has 0 saturated heterocycles. The smallest absolute Gasteiger partial charge is 0.250 e. The van der Waals surface area contributed by atoms with E-state index in [0.717, 1.165) is 11.1 Å². The Labute approximate surface area is 106 Å². The van der Waals surface area contributed by atoms with Crippen molar-refractivity contribution < 1.29 is 14.6 Å². The fraction of sp³-hybridized carbons (Fsp3) is 0.417. The van der Waals surface area contributed by atoms with Gasteiger partial charge < -0.3 is 15.2 Å². The third kappa shape index (κ3) is 4.34. The molecule has 0 unspecified atom stereocenters. The molecule has 1 rings (SSSR count). The minimum Gasteiger partial charge on any atom is -0.394 e. The van der Waals surface area contributed by atoms with Crippen LogP contribution < -0.4 is 5.32 Å². The van der Waals surface area contributed by atoms with Gasteiger partial charge in [0, 0.05) is 0 Å². The van der Waals surface area contributed by atoms with Crippen LogP contribution in [0.5, 0.6) is 0 Å². The minimum atomic E-state index is -0.285. The third-order valence-electron chi connectivity index (χ3n) is 2.16. The number of aryl methyl sites for hydroxylation is 2. The van der Waals surface area contributed by atoms with Gasteiger partial charge in [-0.05, 0) is 31.0 Å². The molecule has 0 saturated carbocycles. The average molecular weight is 258 g/mol. The van der Waals surface area contributed by atoms with Gasteiger partial charge in [0.1, 0.15) is 6.61 Å². The number of ether oxygens (including phenoxy) is 1. The van der Waals surface area contributed by atoms with Crippen molar-refractivity contribution in [3.8, 4) is 0 Å². The van der Waals surface area contributed by atoms with E-state index in [1.165, 1.54) is 0 Å². The first-order chi connectivity index (χ1) is 8.04. The van der Waals surface area contributed by atoms with Crippen molar-refractivity contribution in [3.63, 3.8) is 0 Å². The fourth-order valence-electron chi connectivity index (χ4n) is 1.48. The van der Waals surface area contributed by atoms with Gasteiger partial charge in [-0.25, -0.2) is 0 Å². The Morgan fingerprint density at radius 1 is 1.47 bits per heavy atom. The molecule has 0 spiro atoms. The van der Waals surface area contributed by atoms with E-state index in [2.05, 4.69) is 5.32 Å². The fourth-order valence-corrected chi connectivity index (χ4v) is 1.85. The Kier molecular flexibility index (Phi) is 5.41. The lowest BCUT2D eigenvalue weighted by atomic mass is 10.1. The number of rotatable bonds is 5. The van der Waals surface area contributed by atoms with Crippen molar-refractivity contribution in [2.75, 3.05) is 25.1 Å². The van der Waals surface area contributed by atoms with E-state index in [4.69, 9.17) is 21.4 Å². The van der Waals surface area contributed by atoms with Gasteiger partial charge in [0.2, 0.25) is 5.91 Å². The van der Waals surface area contributed by atoms with Crippen LogP contribution in [0.15, 0.2) is 12.1 Å². The molecule has 0 bridgehead atoms. The number of hydrogen-bond donors (Lipinski definition) is 2. The van der Waals surface area contributed by atoms with Crippen LogP contribution in [0.3, 0.4) is 0 Å². The number of amides is 1. The topological polar surface area (TPSA) is 58.6 Å². The molecule has 1 aromatic rings. The van der Waals surface area contributed by atoms with Crippen molar-refractivity contribution >= 4 is 23.2 Å². The number of benzene rings is 1. The maximum absolute atomic E-state index is 11.5. The van der Waals surface area contributed by atoms with E-state index >= 15 is 0 Å². The van der Waals surface area contributed by atoms with Gasteiger partial charge in [0.25, 0.3) is 0 Å². The van der Waals surface area contributed by atoms with Crippen LogP contribution in [0.4, 0.5) is 5.69 Å². The van der Waals surface area contributed by atoms with E-state index in [-0.39, 0.29) is 25.7 Å². The maximum atomic E-state index is 11.5. The quantitative estimate of drug-likeness (QED) is 0.792. The number of aliphatic hydroxyl groups excluding tert-OH is 1. The summed E-state index contributed by atoms with van der Waals surface area (Å²) in [5.74, 6) is -0.285. The SMILES string of the molecule is Cc1cc(C)c(NC(=O)COCCO)c(Cl)c1. The second-order valence-electron chi connectivity index (χ2n) is 3.76. The zero-order valence-electron chi connectivity index (χ0n) is 9.92. The van der Waals surface area contributed by atoms with Crippen LogP contribution >= 0.6 is 11.6 Å². The van der Waals surface area contributed by atoms with Crippen LogP contribution in [0.2, 0.25) is 5.02 Å². The Bertz CT molecular complexity index is 384. The summed E-state index contributed by atoms with van der Waals surface area (Å²) in [7, 11) is 0. The van der Waals surface area contributed by atoms with Gasteiger partial charge in [0.05, 0.1) is 23.9 Å². The number of nitrogens with one attached hydrogen (secondary N) is 1. The molecule has 5 heteroatoms. The highest BCUT2D eigenvalue weighted by atomic mass is 35.5. The Balaban J connectivity index is 2.65. The van der Waals surface area contributed by atoms with Gasteiger partial charge in [-0.3, -0.25) is 4.79 Å². The highest BCUT2D eigenvalue weighted by Gasteiger charge is 2.09. The summed E-state index contributed by atoms with van der Waals surface area (Å²) in [6.07, 6.45) is 0. The highest BCUT2D eigenvalue weighted by molar-refractivity contribution is 6.34. The third-order valence-corrected chi connectivity index (χ3v) is 2.46. The Morgan fingerprint density at radius 2 is 2.18 bits per heavy atom. The Hall–Kier alpha value is -1.10. The van der Waals surface area contributed by atoms with Crippen molar-refractivity contribution in [2.24, 2.45) is 0 Å². The van der Waals surface area contributed by atoms with Crippen LogP contribution in [0.25, 0.3) is 0 Å². The molecule has 0 fully saturated rings. The predicted octanol–water partition coefficient (Wildman–Crippen LogP) is 1.90. The monoisotopic (exact) mass is 257 g/mol. The average Bonchev–Trinajstić information content (AvgIpc) is 2.24.